The van der Waals surface area contributed by atoms with Crippen molar-refractivity contribution >= 4 is 0 Å². The molecular formula is C12H24O2. The average Bonchev–Trinajstić information content (AvgIpc) is 2.34. The van der Waals surface area contributed by atoms with Crippen LogP contribution < -0.4 is 0 Å². The Bertz CT molecular complexity index is 108. The number of hydrogen-bond acceptors (Lipinski definition) is 2. The first-order valence-electron chi connectivity index (χ1n) is 6.17. The molecule has 2 aliphatic rings. The highest BCUT2D eigenvalue weighted by Gasteiger charge is 2.24. The van der Waals surface area contributed by atoms with Crippen molar-refractivity contribution < 1.29 is 10.5 Å². The van der Waals surface area contributed by atoms with Gasteiger partial charge in [-0.05, 0) is 11.8 Å². The zero-order valence-electron chi connectivity index (χ0n) is 9.12. The lowest BCUT2D eigenvalue weighted by Crippen LogP contribution is -2.20. The summed E-state index contributed by atoms with van der Waals surface area (Å²) in [5, 5.41) is 12.0. The summed E-state index contributed by atoms with van der Waals surface area (Å²) in [5.74, 6) is 2.28. The van der Waals surface area contributed by atoms with Gasteiger partial charge in [-0.15, -0.1) is 0 Å². The maximum Gasteiger partial charge on any atom is -0.0386 e. The molecule has 0 aliphatic heterocycles. The van der Waals surface area contributed by atoms with Gasteiger partial charge in [-0.3, -0.25) is 10.5 Å². The Morgan fingerprint density at radius 3 is 1.07 bits per heavy atom. The Morgan fingerprint density at radius 2 is 0.786 bits per heavy atom. The monoisotopic (exact) mass is 200 g/mol. The Kier molecular flexibility index (Phi) is 6.20. The minimum Gasteiger partial charge on any atom is -0.255 e. The van der Waals surface area contributed by atoms with Gasteiger partial charge in [0.05, 0.1) is 0 Å². The summed E-state index contributed by atoms with van der Waals surface area (Å²) in [6.07, 6.45) is 15.4. The third-order valence-corrected chi connectivity index (χ3v) is 3.97. The summed E-state index contributed by atoms with van der Waals surface area (Å²) in [6.45, 7) is 0. The Labute approximate surface area is 87.3 Å². The van der Waals surface area contributed by atoms with Crippen LogP contribution in [-0.2, 0) is 0 Å². The van der Waals surface area contributed by atoms with Crippen molar-refractivity contribution in [2.45, 2.75) is 64.2 Å². The summed E-state index contributed by atoms with van der Waals surface area (Å²) >= 11 is 0. The van der Waals surface area contributed by atoms with Gasteiger partial charge in [-0.1, -0.05) is 64.2 Å². The molecule has 14 heavy (non-hydrogen) atoms. The van der Waals surface area contributed by atoms with Crippen LogP contribution in [0.15, 0.2) is 0 Å². The van der Waals surface area contributed by atoms with Crippen LogP contribution in [0, 0.1) is 11.8 Å². The van der Waals surface area contributed by atoms with Gasteiger partial charge < -0.3 is 0 Å². The molecule has 0 heterocycles. The van der Waals surface area contributed by atoms with Crippen LogP contribution in [0.3, 0.4) is 0 Å². The van der Waals surface area contributed by atoms with E-state index in [1.165, 1.54) is 38.5 Å². The van der Waals surface area contributed by atoms with Gasteiger partial charge in [-0.2, -0.15) is 0 Å². The fraction of sp³-hybridized carbons (Fsp3) is 1.00. The van der Waals surface area contributed by atoms with Crippen molar-refractivity contribution in [2.75, 3.05) is 0 Å². The Morgan fingerprint density at radius 1 is 0.500 bits per heavy atom. The Balaban J connectivity index is 0.000000461. The van der Waals surface area contributed by atoms with Crippen molar-refractivity contribution in [3.05, 3.63) is 0 Å². The van der Waals surface area contributed by atoms with E-state index in [-0.39, 0.29) is 0 Å². The molecule has 0 unspecified atom stereocenters. The SMILES string of the molecule is C1CCC(C2CCCCC2)CC1.OO. The zero-order valence-corrected chi connectivity index (χ0v) is 9.12. The van der Waals surface area contributed by atoms with Gasteiger partial charge in [0.25, 0.3) is 0 Å². The fourth-order valence-electron chi connectivity index (χ4n) is 3.21. The molecule has 2 rings (SSSR count). The number of hydrogen-bond donors (Lipinski definition) is 2. The molecule has 0 aromatic heterocycles. The zero-order chi connectivity index (χ0) is 10.2. The molecule has 2 N–H and O–H groups in total. The standard InChI is InChI=1S/C12H22.H2O2/c1-3-7-11(8-4-1)12-9-5-2-6-10-12;1-2/h11-12H,1-10H2;1-2H. The van der Waals surface area contributed by atoms with Crippen LogP contribution in [0.1, 0.15) is 64.2 Å². The van der Waals surface area contributed by atoms with E-state index >= 15 is 0 Å². The van der Waals surface area contributed by atoms with Crippen molar-refractivity contribution in [3.8, 4) is 0 Å². The normalized spacial score (nSPS) is 25.3. The summed E-state index contributed by atoms with van der Waals surface area (Å²) in [6, 6.07) is 0. The molecule has 0 saturated heterocycles. The Hall–Kier alpha value is -0.0800. The highest BCUT2D eigenvalue weighted by atomic mass is 17.0. The lowest BCUT2D eigenvalue weighted by molar-refractivity contribution is -0.176. The van der Waals surface area contributed by atoms with Crippen LogP contribution in [0.25, 0.3) is 0 Å². The topological polar surface area (TPSA) is 40.5 Å². The van der Waals surface area contributed by atoms with Crippen LogP contribution >= 0.6 is 0 Å². The largest absolute Gasteiger partial charge is 0.255 e. The second kappa shape index (κ2) is 7.24. The molecular weight excluding hydrogens is 176 g/mol. The van der Waals surface area contributed by atoms with E-state index in [9.17, 15) is 0 Å². The summed E-state index contributed by atoms with van der Waals surface area (Å²) in [7, 11) is 0. The minimum absolute atomic E-state index is 1.14. The molecule has 0 aromatic carbocycles. The second-order valence-corrected chi connectivity index (χ2v) is 4.80. The molecule has 2 aliphatic carbocycles. The van der Waals surface area contributed by atoms with Gasteiger partial charge in [0.1, 0.15) is 0 Å². The van der Waals surface area contributed by atoms with Gasteiger partial charge in [0, 0.05) is 0 Å². The van der Waals surface area contributed by atoms with Crippen molar-refractivity contribution in [1.82, 2.24) is 0 Å². The summed E-state index contributed by atoms with van der Waals surface area (Å²) < 4.78 is 0. The van der Waals surface area contributed by atoms with E-state index in [0.29, 0.717) is 0 Å². The second-order valence-electron chi connectivity index (χ2n) is 4.80. The lowest BCUT2D eigenvalue weighted by atomic mass is 9.73. The quantitative estimate of drug-likeness (QED) is 0.493. The summed E-state index contributed by atoms with van der Waals surface area (Å²) in [4.78, 5) is 0. The smallest absolute Gasteiger partial charge is 0.0386 e. The van der Waals surface area contributed by atoms with E-state index < -0.39 is 0 Å². The van der Waals surface area contributed by atoms with Gasteiger partial charge in [-0.25, -0.2) is 0 Å². The molecule has 0 spiro atoms. The predicted octanol–water partition coefficient (Wildman–Crippen LogP) is 4.16. The first-order chi connectivity index (χ1) is 6.97. The molecule has 0 amide bonds. The first-order valence-corrected chi connectivity index (χ1v) is 6.17. The average molecular weight is 200 g/mol. The molecule has 2 fully saturated rings. The fourth-order valence-corrected chi connectivity index (χ4v) is 3.21. The van der Waals surface area contributed by atoms with Gasteiger partial charge >= 0.3 is 0 Å². The molecule has 0 atom stereocenters. The molecule has 2 saturated carbocycles. The first kappa shape index (κ1) is 12.0. The predicted molar refractivity (Wildman–Crippen MR) is 58.4 cm³/mol. The summed E-state index contributed by atoms with van der Waals surface area (Å²) in [5.41, 5.74) is 0. The van der Waals surface area contributed by atoms with Crippen LogP contribution in [-0.4, -0.2) is 10.5 Å². The number of rotatable bonds is 1. The molecule has 2 heteroatoms. The van der Waals surface area contributed by atoms with E-state index in [4.69, 9.17) is 10.5 Å². The molecule has 84 valence electrons. The third kappa shape index (κ3) is 3.58. The van der Waals surface area contributed by atoms with Crippen molar-refractivity contribution in [1.29, 1.82) is 0 Å². The molecule has 0 radical (unpaired) electrons. The van der Waals surface area contributed by atoms with Crippen LogP contribution in [0.2, 0.25) is 0 Å². The van der Waals surface area contributed by atoms with Gasteiger partial charge in [0.2, 0.25) is 0 Å². The minimum atomic E-state index is 1.14. The molecule has 2 nitrogen and oxygen atoms in total. The van der Waals surface area contributed by atoms with Crippen LogP contribution in [0.5, 0.6) is 0 Å². The van der Waals surface area contributed by atoms with Crippen LogP contribution in [0.4, 0.5) is 0 Å². The van der Waals surface area contributed by atoms with Crippen molar-refractivity contribution in [2.24, 2.45) is 11.8 Å². The van der Waals surface area contributed by atoms with Gasteiger partial charge in [0.15, 0.2) is 0 Å². The van der Waals surface area contributed by atoms with E-state index in [1.54, 1.807) is 25.7 Å². The maximum absolute atomic E-state index is 6.00. The molecule has 0 aromatic rings. The highest BCUT2D eigenvalue weighted by Crippen LogP contribution is 2.37. The maximum atomic E-state index is 6.00. The third-order valence-electron chi connectivity index (χ3n) is 3.97. The lowest BCUT2D eigenvalue weighted by Gasteiger charge is -2.32. The van der Waals surface area contributed by atoms with E-state index in [0.717, 1.165) is 11.8 Å². The molecule has 0 bridgehead atoms. The van der Waals surface area contributed by atoms with E-state index in [1.807, 2.05) is 0 Å². The highest BCUT2D eigenvalue weighted by molar-refractivity contribution is 4.76. The van der Waals surface area contributed by atoms with E-state index in [2.05, 4.69) is 0 Å². The van der Waals surface area contributed by atoms with Crippen molar-refractivity contribution in [3.63, 3.8) is 0 Å².